The quantitative estimate of drug-likeness (QED) is 0.611. The highest BCUT2D eigenvalue weighted by atomic mass is 32.2. The highest BCUT2D eigenvalue weighted by Gasteiger charge is 2.20. The summed E-state index contributed by atoms with van der Waals surface area (Å²) in [4.78, 5) is 10.2. The van der Waals surface area contributed by atoms with Crippen molar-refractivity contribution in [2.24, 2.45) is 0 Å². The Kier molecular flexibility index (Phi) is 5.53. The van der Waals surface area contributed by atoms with E-state index in [0.29, 0.717) is 11.3 Å². The van der Waals surface area contributed by atoms with Crippen LogP contribution in [0.1, 0.15) is 12.5 Å². The number of aryl methyl sites for hydroxylation is 1. The lowest BCUT2D eigenvalue weighted by Crippen LogP contribution is -2.33. The molecular formula is C16H18N2O5S. The number of rotatable bonds is 7. The Bertz CT molecular complexity index is 822. The van der Waals surface area contributed by atoms with Gasteiger partial charge in [0.2, 0.25) is 10.0 Å². The fourth-order valence-electron chi connectivity index (χ4n) is 2.04. The predicted octanol–water partition coefficient (Wildman–Crippen LogP) is 2.65. The predicted molar refractivity (Wildman–Crippen MR) is 89.6 cm³/mol. The van der Waals surface area contributed by atoms with E-state index < -0.39 is 21.1 Å². The molecule has 2 aromatic rings. The molecule has 0 radical (unpaired) electrons. The number of hydrogen-bond donors (Lipinski definition) is 1. The van der Waals surface area contributed by atoms with Gasteiger partial charge in [-0.3, -0.25) is 10.1 Å². The normalized spacial score (nSPS) is 12.6. The first-order valence-corrected chi connectivity index (χ1v) is 8.74. The first-order valence-electron chi connectivity index (χ1n) is 7.26. The molecule has 0 aromatic heterocycles. The van der Waals surface area contributed by atoms with Crippen LogP contribution in [0.4, 0.5) is 5.69 Å². The molecule has 0 fully saturated rings. The molecule has 128 valence electrons. The van der Waals surface area contributed by atoms with Gasteiger partial charge < -0.3 is 4.74 Å². The number of nitro groups is 1. The zero-order chi connectivity index (χ0) is 17.7. The van der Waals surface area contributed by atoms with E-state index in [4.69, 9.17) is 4.74 Å². The zero-order valence-corrected chi connectivity index (χ0v) is 14.1. The van der Waals surface area contributed by atoms with Crippen molar-refractivity contribution in [3.8, 4) is 5.75 Å². The Hall–Kier alpha value is -2.45. The van der Waals surface area contributed by atoms with E-state index in [1.807, 2.05) is 18.2 Å². The van der Waals surface area contributed by atoms with Crippen LogP contribution in [-0.4, -0.2) is 26.0 Å². The molecule has 0 aliphatic heterocycles. The molecule has 0 bridgehead atoms. The lowest BCUT2D eigenvalue weighted by atomic mass is 10.2. The van der Waals surface area contributed by atoms with Gasteiger partial charge in [-0.25, -0.2) is 13.1 Å². The second-order valence-corrected chi connectivity index (χ2v) is 7.07. The molecule has 0 saturated carbocycles. The summed E-state index contributed by atoms with van der Waals surface area (Å²) < 4.78 is 32.6. The maximum atomic E-state index is 12.3. The summed E-state index contributed by atoms with van der Waals surface area (Å²) in [5, 5.41) is 10.9. The van der Waals surface area contributed by atoms with Crippen molar-refractivity contribution in [3.63, 3.8) is 0 Å². The van der Waals surface area contributed by atoms with Crippen molar-refractivity contribution >= 4 is 15.7 Å². The number of benzene rings is 2. The minimum absolute atomic E-state index is 0.0406. The zero-order valence-electron chi connectivity index (χ0n) is 13.3. The Labute approximate surface area is 140 Å². The topological polar surface area (TPSA) is 98.5 Å². The van der Waals surface area contributed by atoms with Crippen molar-refractivity contribution < 1.29 is 18.1 Å². The molecular weight excluding hydrogens is 332 g/mol. The number of nitrogens with zero attached hydrogens (tertiary/aromatic N) is 1. The average Bonchev–Trinajstić information content (AvgIpc) is 2.54. The lowest BCUT2D eigenvalue weighted by Gasteiger charge is -2.15. The third-order valence-electron chi connectivity index (χ3n) is 3.33. The maximum Gasteiger partial charge on any atom is 0.273 e. The summed E-state index contributed by atoms with van der Waals surface area (Å²) in [5.74, 6) is 0.634. The van der Waals surface area contributed by atoms with Gasteiger partial charge in [-0.1, -0.05) is 24.3 Å². The van der Waals surface area contributed by atoms with E-state index in [1.54, 1.807) is 26.0 Å². The lowest BCUT2D eigenvalue weighted by molar-refractivity contribution is -0.385. The smallest absolute Gasteiger partial charge is 0.273 e. The molecule has 1 N–H and O–H groups in total. The fourth-order valence-corrected chi connectivity index (χ4v) is 3.17. The highest BCUT2D eigenvalue weighted by molar-refractivity contribution is 7.89. The first kappa shape index (κ1) is 17.9. The molecule has 0 saturated heterocycles. The van der Waals surface area contributed by atoms with Crippen LogP contribution in [0.15, 0.2) is 53.4 Å². The fraction of sp³-hybridized carbons (Fsp3) is 0.250. The van der Waals surface area contributed by atoms with Crippen LogP contribution >= 0.6 is 0 Å². The summed E-state index contributed by atoms with van der Waals surface area (Å²) in [5.41, 5.74) is 0.172. The molecule has 2 rings (SSSR count). The molecule has 1 unspecified atom stereocenters. The molecule has 0 aliphatic carbocycles. The molecule has 0 spiro atoms. The van der Waals surface area contributed by atoms with Gasteiger partial charge in [-0.2, -0.15) is 0 Å². The second-order valence-electron chi connectivity index (χ2n) is 5.30. The van der Waals surface area contributed by atoms with Crippen molar-refractivity contribution in [3.05, 3.63) is 64.2 Å². The van der Waals surface area contributed by atoms with Gasteiger partial charge in [0.15, 0.2) is 0 Å². The van der Waals surface area contributed by atoms with Crippen LogP contribution in [0.5, 0.6) is 5.75 Å². The van der Waals surface area contributed by atoms with Gasteiger partial charge in [-0.15, -0.1) is 0 Å². The molecule has 0 heterocycles. The van der Waals surface area contributed by atoms with Gasteiger partial charge in [0.1, 0.15) is 11.9 Å². The minimum Gasteiger partial charge on any atom is -0.489 e. The number of hydrogen-bond acceptors (Lipinski definition) is 5. The van der Waals surface area contributed by atoms with Gasteiger partial charge >= 0.3 is 0 Å². The van der Waals surface area contributed by atoms with Crippen molar-refractivity contribution in [1.29, 1.82) is 0 Å². The Morgan fingerprint density at radius 1 is 1.21 bits per heavy atom. The highest BCUT2D eigenvalue weighted by Crippen LogP contribution is 2.22. The van der Waals surface area contributed by atoms with Crippen LogP contribution in [0.2, 0.25) is 0 Å². The molecule has 8 heteroatoms. The molecule has 0 aliphatic rings. The second kappa shape index (κ2) is 7.41. The van der Waals surface area contributed by atoms with E-state index in [9.17, 15) is 18.5 Å². The summed E-state index contributed by atoms with van der Waals surface area (Å²) >= 11 is 0. The van der Waals surface area contributed by atoms with E-state index >= 15 is 0 Å². The molecule has 24 heavy (non-hydrogen) atoms. The number of para-hydroxylation sites is 1. The van der Waals surface area contributed by atoms with Gasteiger partial charge in [-0.05, 0) is 32.0 Å². The van der Waals surface area contributed by atoms with E-state index in [2.05, 4.69) is 4.72 Å². The van der Waals surface area contributed by atoms with Gasteiger partial charge in [0, 0.05) is 18.2 Å². The standard InChI is InChI=1S/C16H18N2O5S/c1-12-8-9-15(10-16(12)18(19)20)24(21,22)17-11-13(2)23-14-6-4-3-5-7-14/h3-10,13,17H,11H2,1-2H3. The van der Waals surface area contributed by atoms with Crippen molar-refractivity contribution in [1.82, 2.24) is 4.72 Å². The molecule has 0 amide bonds. The SMILES string of the molecule is Cc1ccc(S(=O)(=O)NCC(C)Oc2ccccc2)cc1[N+](=O)[O-]. The van der Waals surface area contributed by atoms with Crippen LogP contribution in [0.25, 0.3) is 0 Å². The van der Waals surface area contributed by atoms with Crippen LogP contribution < -0.4 is 9.46 Å². The number of nitro benzene ring substituents is 1. The van der Waals surface area contributed by atoms with Crippen LogP contribution in [0.3, 0.4) is 0 Å². The molecule has 7 nitrogen and oxygen atoms in total. The van der Waals surface area contributed by atoms with Gasteiger partial charge in [0.05, 0.1) is 9.82 Å². The monoisotopic (exact) mass is 350 g/mol. The summed E-state index contributed by atoms with van der Waals surface area (Å²) in [7, 11) is -3.85. The van der Waals surface area contributed by atoms with E-state index in [0.717, 1.165) is 6.07 Å². The third-order valence-corrected chi connectivity index (χ3v) is 4.75. The van der Waals surface area contributed by atoms with E-state index in [-0.39, 0.29) is 17.1 Å². The Morgan fingerprint density at radius 2 is 1.88 bits per heavy atom. The number of nitrogens with one attached hydrogen (secondary N) is 1. The molecule has 2 aromatic carbocycles. The summed E-state index contributed by atoms with van der Waals surface area (Å²) in [6.07, 6.45) is -0.400. The number of ether oxygens (including phenoxy) is 1. The molecule has 1 atom stereocenters. The number of sulfonamides is 1. The van der Waals surface area contributed by atoms with Crippen molar-refractivity contribution in [2.75, 3.05) is 6.54 Å². The minimum atomic E-state index is -3.85. The Morgan fingerprint density at radius 3 is 2.50 bits per heavy atom. The van der Waals surface area contributed by atoms with Gasteiger partial charge in [0.25, 0.3) is 5.69 Å². The largest absolute Gasteiger partial charge is 0.489 e. The summed E-state index contributed by atoms with van der Waals surface area (Å²) in [6.45, 7) is 3.32. The van der Waals surface area contributed by atoms with Crippen molar-refractivity contribution in [2.45, 2.75) is 24.8 Å². The average molecular weight is 350 g/mol. The Balaban J connectivity index is 2.06. The van der Waals surface area contributed by atoms with Crippen LogP contribution in [0, 0.1) is 17.0 Å². The first-order chi connectivity index (χ1) is 11.3. The third kappa shape index (κ3) is 4.53. The van der Waals surface area contributed by atoms with Crippen LogP contribution in [-0.2, 0) is 10.0 Å². The maximum absolute atomic E-state index is 12.3. The van der Waals surface area contributed by atoms with E-state index in [1.165, 1.54) is 12.1 Å². The summed E-state index contributed by atoms with van der Waals surface area (Å²) in [6, 6.07) is 12.8.